The van der Waals surface area contributed by atoms with Gasteiger partial charge < -0.3 is 10.1 Å². The van der Waals surface area contributed by atoms with Crippen LogP contribution in [0.2, 0.25) is 0 Å². The van der Waals surface area contributed by atoms with E-state index in [9.17, 15) is 0 Å². The van der Waals surface area contributed by atoms with Crippen LogP contribution < -0.4 is 10.1 Å². The minimum Gasteiger partial charge on any atom is -0.477 e. The average Bonchev–Trinajstić information content (AvgIpc) is 3.27. The smallest absolute Gasteiger partial charge is 0.221 e. The summed E-state index contributed by atoms with van der Waals surface area (Å²) >= 11 is 0. The second-order valence-electron chi connectivity index (χ2n) is 5.92. The molecule has 3 nitrogen and oxygen atoms in total. The van der Waals surface area contributed by atoms with Crippen LogP contribution in [0.25, 0.3) is 10.8 Å². The lowest BCUT2D eigenvalue weighted by molar-refractivity contribution is 0.292. The van der Waals surface area contributed by atoms with Crippen molar-refractivity contribution >= 4 is 10.8 Å². The largest absolute Gasteiger partial charge is 0.477 e. The Bertz CT molecular complexity index is 546. The van der Waals surface area contributed by atoms with Crippen LogP contribution in [0.15, 0.2) is 30.5 Å². The van der Waals surface area contributed by atoms with Crippen LogP contribution in [0.3, 0.4) is 0 Å². The van der Waals surface area contributed by atoms with Crippen molar-refractivity contribution in [1.82, 2.24) is 10.3 Å². The number of pyridine rings is 1. The Labute approximate surface area is 120 Å². The summed E-state index contributed by atoms with van der Waals surface area (Å²) in [6.07, 6.45) is 4.54. The van der Waals surface area contributed by atoms with Crippen molar-refractivity contribution in [1.29, 1.82) is 0 Å². The van der Waals surface area contributed by atoms with Gasteiger partial charge in [-0.15, -0.1) is 0 Å². The molecule has 1 aromatic carbocycles. The number of rotatable bonds is 6. The summed E-state index contributed by atoms with van der Waals surface area (Å²) in [6, 6.07) is 8.85. The first-order chi connectivity index (χ1) is 9.74. The van der Waals surface area contributed by atoms with Crippen molar-refractivity contribution in [2.24, 2.45) is 5.92 Å². The predicted octanol–water partition coefficient (Wildman–Crippen LogP) is 3.52. The fourth-order valence-electron chi connectivity index (χ4n) is 2.28. The highest BCUT2D eigenvalue weighted by Gasteiger charge is 2.22. The molecule has 0 atom stereocenters. The summed E-state index contributed by atoms with van der Waals surface area (Å²) in [5.41, 5.74) is 1.23. The first-order valence-corrected chi connectivity index (χ1v) is 7.47. The Morgan fingerprint density at radius 3 is 2.70 bits per heavy atom. The number of hydrogen-bond acceptors (Lipinski definition) is 3. The molecule has 1 heterocycles. The van der Waals surface area contributed by atoms with Crippen molar-refractivity contribution in [2.75, 3.05) is 6.61 Å². The zero-order valence-corrected chi connectivity index (χ0v) is 12.2. The molecular formula is C17H22N2O. The highest BCUT2D eigenvalue weighted by molar-refractivity contribution is 5.89. The lowest BCUT2D eigenvalue weighted by atomic mass is 10.1. The summed E-state index contributed by atoms with van der Waals surface area (Å²) in [5.74, 6) is 1.53. The number of nitrogens with one attached hydrogen (secondary N) is 1. The third-order valence-corrected chi connectivity index (χ3v) is 3.69. The molecule has 0 unspecified atom stereocenters. The van der Waals surface area contributed by atoms with E-state index in [0.29, 0.717) is 6.04 Å². The third-order valence-electron chi connectivity index (χ3n) is 3.69. The Kier molecular flexibility index (Phi) is 3.88. The maximum atomic E-state index is 5.89. The normalized spacial score (nSPS) is 14.9. The molecule has 3 heteroatoms. The zero-order chi connectivity index (χ0) is 13.9. The van der Waals surface area contributed by atoms with Crippen molar-refractivity contribution in [3.05, 3.63) is 36.0 Å². The first-order valence-electron chi connectivity index (χ1n) is 7.47. The molecule has 2 aromatic rings. The van der Waals surface area contributed by atoms with Gasteiger partial charge in [0.05, 0.1) is 6.61 Å². The highest BCUT2D eigenvalue weighted by Crippen LogP contribution is 2.31. The molecule has 0 aliphatic heterocycles. The second-order valence-corrected chi connectivity index (χ2v) is 5.92. The topological polar surface area (TPSA) is 34.2 Å². The molecule has 3 rings (SSSR count). The van der Waals surface area contributed by atoms with E-state index < -0.39 is 0 Å². The van der Waals surface area contributed by atoms with Crippen molar-refractivity contribution in [3.8, 4) is 5.88 Å². The van der Waals surface area contributed by atoms with Crippen LogP contribution in [-0.4, -0.2) is 17.6 Å². The monoisotopic (exact) mass is 270 g/mol. The van der Waals surface area contributed by atoms with Crippen LogP contribution in [0.4, 0.5) is 0 Å². The van der Waals surface area contributed by atoms with Crippen LogP contribution in [-0.2, 0) is 6.54 Å². The number of hydrogen-bond donors (Lipinski definition) is 1. The summed E-state index contributed by atoms with van der Waals surface area (Å²) in [7, 11) is 0. The van der Waals surface area contributed by atoms with Gasteiger partial charge in [-0.1, -0.05) is 32.0 Å². The van der Waals surface area contributed by atoms with Gasteiger partial charge in [0.1, 0.15) is 0 Å². The molecule has 0 bridgehead atoms. The SMILES string of the molecule is CC(C)NCc1cnc(OCC2CC2)c2ccccc12. The molecule has 20 heavy (non-hydrogen) atoms. The molecule has 0 spiro atoms. The summed E-state index contributed by atoms with van der Waals surface area (Å²) in [6.45, 7) is 5.96. The molecule has 0 saturated heterocycles. The van der Waals surface area contributed by atoms with Crippen molar-refractivity contribution in [3.63, 3.8) is 0 Å². The van der Waals surface area contributed by atoms with Crippen molar-refractivity contribution in [2.45, 2.75) is 39.3 Å². The highest BCUT2D eigenvalue weighted by atomic mass is 16.5. The van der Waals surface area contributed by atoms with E-state index in [1.54, 1.807) is 0 Å². The molecule has 1 aromatic heterocycles. The Morgan fingerprint density at radius 2 is 2.00 bits per heavy atom. The van der Waals surface area contributed by atoms with Crippen LogP contribution in [0, 0.1) is 5.92 Å². The molecular weight excluding hydrogens is 248 g/mol. The Morgan fingerprint density at radius 1 is 1.25 bits per heavy atom. The lowest BCUT2D eigenvalue weighted by Crippen LogP contribution is -2.22. The van der Waals surface area contributed by atoms with Gasteiger partial charge in [0, 0.05) is 24.2 Å². The Balaban J connectivity index is 1.87. The van der Waals surface area contributed by atoms with Gasteiger partial charge in [0.2, 0.25) is 5.88 Å². The fourth-order valence-corrected chi connectivity index (χ4v) is 2.28. The predicted molar refractivity (Wildman–Crippen MR) is 81.9 cm³/mol. The van der Waals surface area contributed by atoms with Crippen LogP contribution >= 0.6 is 0 Å². The summed E-state index contributed by atoms with van der Waals surface area (Å²) in [5, 5.41) is 5.81. The van der Waals surface area contributed by atoms with Gasteiger partial charge in [0.15, 0.2) is 0 Å². The zero-order valence-electron chi connectivity index (χ0n) is 12.2. The third kappa shape index (κ3) is 3.10. The molecule has 106 valence electrons. The molecule has 1 aliphatic carbocycles. The number of ether oxygens (including phenoxy) is 1. The molecule has 1 N–H and O–H groups in total. The van der Waals surface area contributed by atoms with Gasteiger partial charge >= 0.3 is 0 Å². The van der Waals surface area contributed by atoms with Crippen LogP contribution in [0.1, 0.15) is 32.3 Å². The molecule has 1 aliphatic rings. The van der Waals surface area contributed by atoms with Gasteiger partial charge in [0.25, 0.3) is 0 Å². The first kappa shape index (κ1) is 13.4. The van der Waals surface area contributed by atoms with E-state index in [2.05, 4.69) is 42.3 Å². The van der Waals surface area contributed by atoms with Gasteiger partial charge in [-0.3, -0.25) is 0 Å². The van der Waals surface area contributed by atoms with E-state index in [1.807, 2.05) is 12.3 Å². The molecule has 1 saturated carbocycles. The summed E-state index contributed by atoms with van der Waals surface area (Å²) in [4.78, 5) is 4.52. The lowest BCUT2D eigenvalue weighted by Gasteiger charge is -2.13. The quantitative estimate of drug-likeness (QED) is 0.872. The second kappa shape index (κ2) is 5.80. The van der Waals surface area contributed by atoms with Crippen LogP contribution in [0.5, 0.6) is 5.88 Å². The minimum absolute atomic E-state index is 0.472. The van der Waals surface area contributed by atoms with Gasteiger partial charge in [-0.25, -0.2) is 4.98 Å². The number of fused-ring (bicyclic) bond motifs is 1. The maximum absolute atomic E-state index is 5.89. The number of benzene rings is 1. The Hall–Kier alpha value is -1.61. The van der Waals surface area contributed by atoms with E-state index in [4.69, 9.17) is 4.74 Å². The molecule has 0 radical (unpaired) electrons. The molecule has 1 fully saturated rings. The fraction of sp³-hybridized carbons (Fsp3) is 0.471. The van der Waals surface area contributed by atoms with Crippen molar-refractivity contribution < 1.29 is 4.74 Å². The summed E-state index contributed by atoms with van der Waals surface area (Å²) < 4.78 is 5.89. The van der Waals surface area contributed by atoms with E-state index in [1.165, 1.54) is 23.8 Å². The standard InChI is InChI=1S/C17H22N2O/c1-12(2)18-9-14-10-19-17(20-11-13-7-8-13)16-6-4-3-5-15(14)16/h3-6,10,12-13,18H,7-9,11H2,1-2H3. The minimum atomic E-state index is 0.472. The number of aromatic nitrogens is 1. The molecule has 0 amide bonds. The van der Waals surface area contributed by atoms with E-state index in [-0.39, 0.29) is 0 Å². The maximum Gasteiger partial charge on any atom is 0.221 e. The van der Waals surface area contributed by atoms with E-state index in [0.717, 1.165) is 30.3 Å². The van der Waals surface area contributed by atoms with Gasteiger partial charge in [-0.2, -0.15) is 0 Å². The van der Waals surface area contributed by atoms with E-state index >= 15 is 0 Å². The van der Waals surface area contributed by atoms with Gasteiger partial charge in [-0.05, 0) is 35.8 Å². The average molecular weight is 270 g/mol. The number of nitrogens with zero attached hydrogens (tertiary/aromatic N) is 1.